The number of para-hydroxylation sites is 1. The molecule has 16 heteroatoms. The number of thioether (sulfide) groups is 1. The maximum Gasteiger partial charge on any atom is 0.106 e. The van der Waals surface area contributed by atoms with Crippen LogP contribution in [0.5, 0.6) is 0 Å². The van der Waals surface area contributed by atoms with Crippen molar-refractivity contribution in [1.82, 2.24) is 9.80 Å². The molecule has 44 heavy (non-hydrogen) atoms. The lowest BCUT2D eigenvalue weighted by Gasteiger charge is -2.24. The van der Waals surface area contributed by atoms with Gasteiger partial charge in [0.25, 0.3) is 0 Å². The van der Waals surface area contributed by atoms with E-state index in [1.54, 1.807) is 11.8 Å². The molecule has 0 aliphatic carbocycles. The van der Waals surface area contributed by atoms with Crippen molar-refractivity contribution >= 4 is 117 Å². The van der Waals surface area contributed by atoms with Crippen molar-refractivity contribution in [1.29, 1.82) is 0 Å². The van der Waals surface area contributed by atoms with Crippen molar-refractivity contribution in [2.24, 2.45) is 0 Å². The van der Waals surface area contributed by atoms with Crippen LogP contribution in [-0.4, -0.2) is 117 Å². The maximum atomic E-state index is 10.2. The van der Waals surface area contributed by atoms with Crippen LogP contribution in [0.1, 0.15) is 32.6 Å². The molecule has 2 rings (SSSR count). The summed E-state index contributed by atoms with van der Waals surface area (Å²) >= 11 is 1.80. The van der Waals surface area contributed by atoms with E-state index in [1.807, 2.05) is 41.2 Å². The molecule has 1 aromatic rings. The van der Waals surface area contributed by atoms with E-state index in [-0.39, 0.29) is 5.37 Å². The van der Waals surface area contributed by atoms with Gasteiger partial charge in [-0.25, -0.2) is 5.06 Å². The number of benzene rings is 1. The Labute approximate surface area is 298 Å². The number of aliphatic hydroxyl groups is 2. The van der Waals surface area contributed by atoms with Crippen molar-refractivity contribution < 1.29 is 15.4 Å². The molecule has 0 bridgehead atoms. The quantitative estimate of drug-likeness (QED) is 0.0787. The topological polar surface area (TPSA) is 70.4 Å². The second-order valence-corrected chi connectivity index (χ2v) is 38.6. The van der Waals surface area contributed by atoms with Gasteiger partial charge < -0.3 is 10.2 Å². The molecule has 1 aliphatic heterocycles. The highest BCUT2D eigenvalue weighted by Crippen LogP contribution is 2.48. The molecule has 0 amide bonds. The number of hydroxylamine groups is 1. The Morgan fingerprint density at radius 1 is 0.864 bits per heavy atom. The molecule has 3 unspecified atom stereocenters. The fourth-order valence-corrected chi connectivity index (χ4v) is 33.4. The number of anilines is 1. The van der Waals surface area contributed by atoms with Crippen LogP contribution in [0.2, 0.25) is 39.3 Å². The van der Waals surface area contributed by atoms with Gasteiger partial charge in [-0.2, -0.15) is 19.9 Å². The van der Waals surface area contributed by atoms with Crippen molar-refractivity contribution in [3.05, 3.63) is 18.2 Å². The molecule has 0 spiro atoms. The van der Waals surface area contributed by atoms with Gasteiger partial charge in [0.15, 0.2) is 0 Å². The molecule has 1 aromatic carbocycles. The zero-order chi connectivity index (χ0) is 33.4. The number of aliphatic hydroxyl groups excluding tert-OH is 2. The SMILES string of the molecule is CCCC1Sc2cccc([SiH](C)C)c2N1O.CN(C)C(SSSSC(N(C)C)=S(CCCO)[SiH](C)C)=S(CCCO)[SiH](C)C. The first-order valence-corrected chi connectivity index (χ1v) is 34.4. The Morgan fingerprint density at radius 2 is 1.34 bits per heavy atom. The molecule has 3 atom stereocenters. The first-order valence-electron chi connectivity index (χ1n) is 15.5. The van der Waals surface area contributed by atoms with Crippen LogP contribution in [0.4, 0.5) is 5.69 Å². The van der Waals surface area contributed by atoms with Gasteiger partial charge in [-0.1, -0.05) is 76.5 Å². The van der Waals surface area contributed by atoms with Gasteiger partial charge in [-0.05, 0) is 111 Å². The Morgan fingerprint density at radius 3 is 1.70 bits per heavy atom. The number of fused-ring (bicyclic) bond motifs is 1. The Bertz CT molecular complexity index is 1010. The summed E-state index contributed by atoms with van der Waals surface area (Å²) in [5.41, 5.74) is 1.09. The van der Waals surface area contributed by atoms with Gasteiger partial charge in [0.1, 0.15) is 5.37 Å². The van der Waals surface area contributed by atoms with Crippen molar-refractivity contribution in [3.63, 3.8) is 0 Å². The Kier molecular flexibility index (Phi) is 23.7. The predicted molar refractivity (Wildman–Crippen MR) is 228 cm³/mol. The van der Waals surface area contributed by atoms with Gasteiger partial charge in [0, 0.05) is 18.1 Å². The average Bonchev–Trinajstić information content (AvgIpc) is 3.27. The van der Waals surface area contributed by atoms with Crippen molar-refractivity contribution in [2.75, 3.05) is 58.0 Å². The van der Waals surface area contributed by atoms with E-state index in [2.05, 4.69) is 102 Å². The van der Waals surface area contributed by atoms with Crippen LogP contribution in [0.3, 0.4) is 0 Å². The normalized spacial score (nSPS) is 17.0. The van der Waals surface area contributed by atoms with Crippen LogP contribution >= 0.6 is 72.9 Å². The van der Waals surface area contributed by atoms with Crippen LogP contribution in [0.15, 0.2) is 23.1 Å². The molecular weight excluding hydrogens is 735 g/mol. The smallest absolute Gasteiger partial charge is 0.106 e. The van der Waals surface area contributed by atoms with Crippen LogP contribution in [0.25, 0.3) is 0 Å². The van der Waals surface area contributed by atoms with Gasteiger partial charge in [0.05, 0.1) is 39.0 Å². The number of nitrogens with zero attached hydrogens (tertiary/aromatic N) is 3. The highest BCUT2D eigenvalue weighted by molar-refractivity contribution is 9.29. The predicted octanol–water partition coefficient (Wildman–Crippen LogP) is 7.04. The van der Waals surface area contributed by atoms with Crippen LogP contribution < -0.4 is 10.2 Å². The summed E-state index contributed by atoms with van der Waals surface area (Å²) < 4.78 is 2.97. The summed E-state index contributed by atoms with van der Waals surface area (Å²) in [5.74, 6) is 2.25. The minimum absolute atomic E-state index is 0.217. The molecule has 1 heterocycles. The highest BCUT2D eigenvalue weighted by Gasteiger charge is 2.31. The Hall–Kier alpha value is 1.66. The molecule has 0 aromatic heterocycles. The number of hydrogen-bond donors (Lipinski definition) is 3. The van der Waals surface area contributed by atoms with E-state index < -0.39 is 24.7 Å². The first-order chi connectivity index (χ1) is 20.8. The lowest BCUT2D eigenvalue weighted by molar-refractivity contribution is 0.244. The molecule has 258 valence electrons. The molecule has 0 fully saturated rings. The minimum Gasteiger partial charge on any atom is -0.396 e. The van der Waals surface area contributed by atoms with Crippen molar-refractivity contribution in [3.8, 4) is 0 Å². The Balaban J connectivity index is 0.000000505. The van der Waals surface area contributed by atoms with Gasteiger partial charge >= 0.3 is 0 Å². The minimum atomic E-state index is -0.875. The van der Waals surface area contributed by atoms with E-state index in [9.17, 15) is 15.4 Å². The molecule has 6 nitrogen and oxygen atoms in total. The summed E-state index contributed by atoms with van der Waals surface area (Å²) in [6.45, 7) is 17.1. The molecule has 0 saturated carbocycles. The largest absolute Gasteiger partial charge is 0.396 e. The number of rotatable bonds is 14. The van der Waals surface area contributed by atoms with E-state index in [4.69, 9.17) is 0 Å². The summed E-state index contributed by atoms with van der Waals surface area (Å²) in [6.07, 6.45) is 3.96. The fraction of sp³-hybridized carbons (Fsp3) is 0.714. The van der Waals surface area contributed by atoms with Gasteiger partial charge in [0.2, 0.25) is 0 Å². The third kappa shape index (κ3) is 14.6. The number of hydrogen-bond acceptors (Lipinski definition) is 9. The first kappa shape index (κ1) is 43.7. The summed E-state index contributed by atoms with van der Waals surface area (Å²) in [5, 5.41) is 31.9. The summed E-state index contributed by atoms with van der Waals surface area (Å²) in [7, 11) is 14.4. The third-order valence-electron chi connectivity index (χ3n) is 6.55. The summed E-state index contributed by atoms with van der Waals surface area (Å²) in [4.78, 5) is 5.83. The molecule has 3 N–H and O–H groups in total. The zero-order valence-corrected chi connectivity index (χ0v) is 37.9. The van der Waals surface area contributed by atoms with Crippen LogP contribution in [0, 0.1) is 0 Å². The fourth-order valence-electron chi connectivity index (χ4n) is 4.39. The molecule has 1 aliphatic rings. The highest BCUT2D eigenvalue weighted by atomic mass is 33.7. The zero-order valence-electron chi connectivity index (χ0n) is 28.7. The molecule has 0 radical (unpaired) electrons. The molecule has 0 saturated heterocycles. The van der Waals surface area contributed by atoms with Gasteiger partial charge in [-0.15, -0.1) is 0 Å². The third-order valence-corrected chi connectivity index (χ3v) is 33.9. The van der Waals surface area contributed by atoms with Crippen LogP contribution in [-0.2, 0) is 0 Å². The van der Waals surface area contributed by atoms with E-state index >= 15 is 0 Å². The van der Waals surface area contributed by atoms with E-state index in [0.717, 1.165) is 42.9 Å². The van der Waals surface area contributed by atoms with E-state index in [1.165, 1.54) is 23.8 Å². The van der Waals surface area contributed by atoms with E-state index in [0.29, 0.717) is 33.1 Å². The lowest BCUT2D eigenvalue weighted by Crippen LogP contribution is -2.33. The monoisotopic (exact) mass is 793 g/mol. The lowest BCUT2D eigenvalue weighted by atomic mass is 10.3. The summed E-state index contributed by atoms with van der Waals surface area (Å²) in [6, 6.07) is 6.42. The molecular formula is C28H59N3O3S7Si3. The van der Waals surface area contributed by atoms with Gasteiger partial charge in [-0.3, -0.25) is 15.0 Å². The standard InChI is InChI=1S/C16H40N2O2S6Si2.C12H19NOSSi/c1-17(2)15(25(27(5)6)13-9-11-19)21-23-24-22-16(18(3)4)26(28(7)8)14-10-12-20;1-4-6-11-13(14)12-9(15-11)7-5-8-10(12)16(2)3/h19-20,27-28H,9-14H2,1-8H3;5,7-8,11,14,16H,4,6H2,1-3H3. The van der Waals surface area contributed by atoms with Crippen molar-refractivity contribution in [2.45, 2.75) is 82.2 Å². The second kappa shape index (κ2) is 23.9. The second-order valence-electron chi connectivity index (χ2n) is 11.7. The average molecular weight is 795 g/mol. The maximum absolute atomic E-state index is 10.2.